The molecule has 1 nitrogen and oxygen atoms in total. The summed E-state index contributed by atoms with van der Waals surface area (Å²) in [5.74, 6) is 1.64. The van der Waals surface area contributed by atoms with E-state index in [2.05, 4.69) is 0 Å². The van der Waals surface area contributed by atoms with Crippen LogP contribution in [0, 0.1) is 0 Å². The molecule has 0 atom stereocenters. The minimum Gasteiger partial charge on any atom is -0.399 e. The van der Waals surface area contributed by atoms with Gasteiger partial charge in [-0.2, -0.15) is 0 Å². The third kappa shape index (κ3) is 3.04. The molecule has 0 aromatic heterocycles. The predicted octanol–water partition coefficient (Wildman–Crippen LogP) is 2.60. The number of thioether (sulfide) groups is 1. The number of benzene rings is 1. The van der Waals surface area contributed by atoms with Gasteiger partial charge in [0.05, 0.1) is 0 Å². The Hall–Kier alpha value is -0.340. The van der Waals surface area contributed by atoms with Gasteiger partial charge in [0, 0.05) is 22.2 Å². The van der Waals surface area contributed by atoms with Crippen molar-refractivity contribution < 1.29 is 0 Å². The number of hydrogen-bond donors (Lipinski definition) is 1. The average Bonchev–Trinajstić information content (AvgIpc) is 2.04. The summed E-state index contributed by atoms with van der Waals surface area (Å²) >= 11 is 7.28. The normalized spacial score (nSPS) is 9.91. The highest BCUT2D eigenvalue weighted by molar-refractivity contribution is 7.99. The van der Waals surface area contributed by atoms with Crippen LogP contribution in [0.4, 0.5) is 5.69 Å². The molecule has 2 N–H and O–H groups in total. The zero-order valence-electron chi connectivity index (χ0n) is 6.09. The lowest BCUT2D eigenvalue weighted by atomic mass is 10.3. The van der Waals surface area contributed by atoms with Crippen LogP contribution in [0.25, 0.3) is 0 Å². The van der Waals surface area contributed by atoms with Gasteiger partial charge in [0.1, 0.15) is 0 Å². The molecule has 0 aliphatic rings. The summed E-state index contributed by atoms with van der Waals surface area (Å²) in [6, 6.07) is 7.81. The van der Waals surface area contributed by atoms with Gasteiger partial charge in [0.15, 0.2) is 0 Å². The largest absolute Gasteiger partial charge is 0.399 e. The molecular formula is C8H10ClNS. The maximum atomic E-state index is 5.54. The number of alkyl halides is 1. The van der Waals surface area contributed by atoms with E-state index in [9.17, 15) is 0 Å². The van der Waals surface area contributed by atoms with E-state index in [1.54, 1.807) is 11.8 Å². The molecule has 11 heavy (non-hydrogen) atoms. The van der Waals surface area contributed by atoms with Crippen molar-refractivity contribution in [2.24, 2.45) is 0 Å². The number of hydrogen-bond acceptors (Lipinski definition) is 2. The molecule has 3 heteroatoms. The van der Waals surface area contributed by atoms with Crippen molar-refractivity contribution in [2.45, 2.75) is 4.90 Å². The van der Waals surface area contributed by atoms with Gasteiger partial charge in [0.25, 0.3) is 0 Å². The molecule has 1 rings (SSSR count). The summed E-state index contributed by atoms with van der Waals surface area (Å²) in [5, 5.41) is 0. The maximum Gasteiger partial charge on any atom is 0.0317 e. The first-order chi connectivity index (χ1) is 5.33. The first kappa shape index (κ1) is 8.75. The van der Waals surface area contributed by atoms with Crippen molar-refractivity contribution in [1.29, 1.82) is 0 Å². The average molecular weight is 188 g/mol. The minimum atomic E-state index is 0.690. The summed E-state index contributed by atoms with van der Waals surface area (Å²) < 4.78 is 0. The van der Waals surface area contributed by atoms with E-state index < -0.39 is 0 Å². The van der Waals surface area contributed by atoms with E-state index in [0.29, 0.717) is 5.88 Å². The Labute approximate surface area is 75.9 Å². The van der Waals surface area contributed by atoms with Gasteiger partial charge in [-0.1, -0.05) is 0 Å². The lowest BCUT2D eigenvalue weighted by molar-refractivity contribution is 1.43. The highest BCUT2D eigenvalue weighted by Crippen LogP contribution is 2.18. The second kappa shape index (κ2) is 4.52. The molecule has 0 saturated heterocycles. The summed E-state index contributed by atoms with van der Waals surface area (Å²) in [4.78, 5) is 1.22. The topological polar surface area (TPSA) is 26.0 Å². The van der Waals surface area contributed by atoms with Gasteiger partial charge in [-0.05, 0) is 24.3 Å². The summed E-state index contributed by atoms with van der Waals surface area (Å²) in [6.45, 7) is 0. The van der Waals surface area contributed by atoms with Crippen LogP contribution in [-0.4, -0.2) is 11.6 Å². The highest BCUT2D eigenvalue weighted by atomic mass is 35.5. The molecule has 0 bridgehead atoms. The van der Waals surface area contributed by atoms with E-state index in [1.165, 1.54) is 4.90 Å². The van der Waals surface area contributed by atoms with Crippen molar-refractivity contribution in [1.82, 2.24) is 0 Å². The fourth-order valence-electron chi connectivity index (χ4n) is 0.720. The standard InChI is InChI=1S/C8H10ClNS/c9-5-6-11-8-3-1-7(10)2-4-8/h1-4H,5-6,10H2. The Morgan fingerprint density at radius 1 is 1.27 bits per heavy atom. The number of rotatable bonds is 3. The van der Waals surface area contributed by atoms with Crippen molar-refractivity contribution in [2.75, 3.05) is 17.4 Å². The van der Waals surface area contributed by atoms with Crippen molar-refractivity contribution in [3.05, 3.63) is 24.3 Å². The summed E-state index contributed by atoms with van der Waals surface area (Å²) in [5.41, 5.74) is 6.33. The van der Waals surface area contributed by atoms with E-state index in [0.717, 1.165) is 11.4 Å². The van der Waals surface area contributed by atoms with Crippen LogP contribution < -0.4 is 5.73 Å². The van der Waals surface area contributed by atoms with E-state index in [1.807, 2.05) is 24.3 Å². The third-order valence-corrected chi connectivity index (χ3v) is 2.65. The smallest absolute Gasteiger partial charge is 0.0317 e. The van der Waals surface area contributed by atoms with Crippen molar-refractivity contribution in [3.8, 4) is 0 Å². The minimum absolute atomic E-state index is 0.690. The zero-order chi connectivity index (χ0) is 8.10. The molecule has 0 radical (unpaired) electrons. The van der Waals surface area contributed by atoms with Crippen LogP contribution in [0.1, 0.15) is 0 Å². The quantitative estimate of drug-likeness (QED) is 0.447. The zero-order valence-corrected chi connectivity index (χ0v) is 7.66. The number of nitrogens with two attached hydrogens (primary N) is 1. The second-order valence-corrected chi connectivity index (χ2v) is 3.65. The molecule has 60 valence electrons. The van der Waals surface area contributed by atoms with Gasteiger partial charge in [-0.25, -0.2) is 0 Å². The molecule has 0 aliphatic heterocycles. The number of halogens is 1. The maximum absolute atomic E-state index is 5.54. The predicted molar refractivity (Wildman–Crippen MR) is 52.3 cm³/mol. The number of nitrogen functional groups attached to an aromatic ring is 1. The van der Waals surface area contributed by atoms with Gasteiger partial charge >= 0.3 is 0 Å². The van der Waals surface area contributed by atoms with E-state index in [-0.39, 0.29) is 0 Å². The fourth-order valence-corrected chi connectivity index (χ4v) is 1.59. The second-order valence-electron chi connectivity index (χ2n) is 2.11. The van der Waals surface area contributed by atoms with Crippen LogP contribution in [0.5, 0.6) is 0 Å². The SMILES string of the molecule is Nc1ccc(SCCCl)cc1. The molecule has 1 aromatic carbocycles. The van der Waals surface area contributed by atoms with Gasteiger partial charge < -0.3 is 5.73 Å². The molecule has 0 heterocycles. The lowest BCUT2D eigenvalue weighted by Gasteiger charge is -1.98. The molecule has 0 fully saturated rings. The van der Waals surface area contributed by atoms with Crippen molar-refractivity contribution in [3.63, 3.8) is 0 Å². The Morgan fingerprint density at radius 2 is 1.91 bits per heavy atom. The molecule has 0 saturated carbocycles. The van der Waals surface area contributed by atoms with Crippen LogP contribution in [0.15, 0.2) is 29.2 Å². The van der Waals surface area contributed by atoms with Crippen LogP contribution in [0.3, 0.4) is 0 Å². The van der Waals surface area contributed by atoms with Crippen molar-refractivity contribution >= 4 is 29.1 Å². The fraction of sp³-hybridized carbons (Fsp3) is 0.250. The first-order valence-corrected chi connectivity index (χ1v) is 4.89. The number of anilines is 1. The Balaban J connectivity index is 2.52. The molecule has 1 aromatic rings. The van der Waals surface area contributed by atoms with E-state index in [4.69, 9.17) is 17.3 Å². The Kier molecular flexibility index (Phi) is 3.60. The molecule has 0 unspecified atom stereocenters. The van der Waals surface area contributed by atoms with Crippen LogP contribution in [0.2, 0.25) is 0 Å². The third-order valence-electron chi connectivity index (χ3n) is 1.23. The van der Waals surface area contributed by atoms with Crippen LogP contribution in [-0.2, 0) is 0 Å². The monoisotopic (exact) mass is 187 g/mol. The van der Waals surface area contributed by atoms with Crippen LogP contribution >= 0.6 is 23.4 Å². The molecule has 0 spiro atoms. The van der Waals surface area contributed by atoms with Gasteiger partial charge in [0.2, 0.25) is 0 Å². The lowest BCUT2D eigenvalue weighted by Crippen LogP contribution is -1.83. The molecular weight excluding hydrogens is 178 g/mol. The highest BCUT2D eigenvalue weighted by Gasteiger charge is 1.91. The summed E-state index contributed by atoms with van der Waals surface area (Å²) in [7, 11) is 0. The van der Waals surface area contributed by atoms with Gasteiger partial charge in [-0.3, -0.25) is 0 Å². The summed E-state index contributed by atoms with van der Waals surface area (Å²) in [6.07, 6.45) is 0. The van der Waals surface area contributed by atoms with E-state index >= 15 is 0 Å². The first-order valence-electron chi connectivity index (χ1n) is 3.37. The molecule has 0 amide bonds. The Morgan fingerprint density at radius 3 is 2.45 bits per heavy atom. The Bertz CT molecular complexity index is 210. The molecule has 0 aliphatic carbocycles. The van der Waals surface area contributed by atoms with Gasteiger partial charge in [-0.15, -0.1) is 23.4 Å².